The molecule has 41 heavy (non-hydrogen) atoms. The lowest BCUT2D eigenvalue weighted by molar-refractivity contribution is -0.121. The molecular formula is C35H25ClN4O. The molecule has 0 unspecified atom stereocenters. The zero-order valence-electron chi connectivity index (χ0n) is 22.0. The molecule has 0 bridgehead atoms. The minimum absolute atomic E-state index is 0.180. The Morgan fingerprint density at radius 3 is 1.71 bits per heavy atom. The topological polar surface area (TPSA) is 48.3 Å². The van der Waals surface area contributed by atoms with Crippen molar-refractivity contribution in [2.45, 2.75) is 11.6 Å². The number of nitrogens with zero attached hydrogens (tertiary/aromatic N) is 4. The predicted molar refractivity (Wildman–Crippen MR) is 166 cm³/mol. The molecule has 0 N–H and O–H groups in total. The lowest BCUT2D eigenvalue weighted by atomic mass is 9.80. The van der Waals surface area contributed by atoms with Crippen LogP contribution < -0.4 is 9.91 Å². The van der Waals surface area contributed by atoms with Crippen molar-refractivity contribution < 1.29 is 4.79 Å². The van der Waals surface area contributed by atoms with Crippen LogP contribution >= 0.6 is 11.6 Å². The molecule has 5 aromatic carbocycles. The summed E-state index contributed by atoms with van der Waals surface area (Å²) in [4.78, 5) is 22.3. The van der Waals surface area contributed by atoms with Gasteiger partial charge in [-0.05, 0) is 47.5 Å². The highest BCUT2D eigenvalue weighted by molar-refractivity contribution is 6.33. The third-order valence-corrected chi connectivity index (χ3v) is 7.78. The Morgan fingerprint density at radius 2 is 1.12 bits per heavy atom. The van der Waals surface area contributed by atoms with Gasteiger partial charge < -0.3 is 0 Å². The number of hydrogen-bond acceptors (Lipinski definition) is 4. The number of anilines is 2. The summed E-state index contributed by atoms with van der Waals surface area (Å²) >= 11 is 6.34. The molecule has 7 rings (SSSR count). The zero-order chi connectivity index (χ0) is 27.8. The number of carbonyl (C=O) groups is 1. The Labute approximate surface area is 243 Å². The Balaban J connectivity index is 1.54. The van der Waals surface area contributed by atoms with E-state index in [0.29, 0.717) is 10.9 Å². The normalized spacial score (nSPS) is 19.9. The van der Waals surface area contributed by atoms with Crippen molar-refractivity contribution in [3.63, 3.8) is 0 Å². The standard InChI is InChI=1S/C35H25ClN4O/c36-28-23-21-25(22-24-28)31-32(26-13-5-1-6-14-26)38-40(30-19-11-4-12-20-30)35(31)34(41)39(29-17-9-3-10-18-29)33(37-35)27-15-7-2-8-16-27/h1-24,31H/t31-,35+/m1/s1. The summed E-state index contributed by atoms with van der Waals surface area (Å²) in [5.41, 5.74) is 3.52. The molecule has 0 fully saturated rings. The molecule has 0 saturated carbocycles. The summed E-state index contributed by atoms with van der Waals surface area (Å²) in [7, 11) is 0. The van der Waals surface area contributed by atoms with Crippen LogP contribution in [0.2, 0.25) is 5.02 Å². The number of hydrogen-bond donors (Lipinski definition) is 0. The molecule has 5 aromatic rings. The van der Waals surface area contributed by atoms with E-state index in [-0.39, 0.29) is 5.91 Å². The van der Waals surface area contributed by atoms with Gasteiger partial charge in [-0.2, -0.15) is 5.10 Å². The van der Waals surface area contributed by atoms with Crippen LogP contribution in [-0.2, 0) is 4.79 Å². The zero-order valence-corrected chi connectivity index (χ0v) is 22.8. The quantitative estimate of drug-likeness (QED) is 0.226. The third-order valence-electron chi connectivity index (χ3n) is 7.53. The second-order valence-electron chi connectivity index (χ2n) is 9.99. The molecule has 2 aliphatic heterocycles. The van der Waals surface area contributed by atoms with Crippen LogP contribution in [0.1, 0.15) is 22.6 Å². The highest BCUT2D eigenvalue weighted by atomic mass is 35.5. The summed E-state index contributed by atoms with van der Waals surface area (Å²) in [5.74, 6) is -0.130. The van der Waals surface area contributed by atoms with Gasteiger partial charge >= 0.3 is 0 Å². The molecule has 2 heterocycles. The number of benzene rings is 5. The highest BCUT2D eigenvalue weighted by Crippen LogP contribution is 2.50. The molecule has 0 aromatic heterocycles. The van der Waals surface area contributed by atoms with Gasteiger partial charge in [0.2, 0.25) is 5.66 Å². The molecule has 0 aliphatic carbocycles. The van der Waals surface area contributed by atoms with E-state index in [1.54, 1.807) is 4.90 Å². The number of hydrazone groups is 1. The number of carbonyl (C=O) groups excluding carboxylic acids is 1. The Bertz CT molecular complexity index is 1760. The fourth-order valence-electron chi connectivity index (χ4n) is 5.70. The fourth-order valence-corrected chi connectivity index (χ4v) is 5.83. The van der Waals surface area contributed by atoms with Gasteiger partial charge in [0.05, 0.1) is 23.0 Å². The number of amidine groups is 1. The van der Waals surface area contributed by atoms with Crippen molar-refractivity contribution in [3.8, 4) is 0 Å². The van der Waals surface area contributed by atoms with Crippen LogP contribution in [-0.4, -0.2) is 23.1 Å². The van der Waals surface area contributed by atoms with Gasteiger partial charge in [0.25, 0.3) is 5.91 Å². The van der Waals surface area contributed by atoms with E-state index in [4.69, 9.17) is 21.7 Å². The van der Waals surface area contributed by atoms with Gasteiger partial charge in [-0.3, -0.25) is 9.69 Å². The third kappa shape index (κ3) is 4.14. The van der Waals surface area contributed by atoms with Crippen LogP contribution in [0.4, 0.5) is 11.4 Å². The van der Waals surface area contributed by atoms with Crippen LogP contribution in [0.5, 0.6) is 0 Å². The first-order chi connectivity index (χ1) is 20.2. The van der Waals surface area contributed by atoms with Gasteiger partial charge in [0.1, 0.15) is 5.84 Å². The molecule has 0 saturated heterocycles. The summed E-state index contributed by atoms with van der Waals surface area (Å²) in [5, 5.41) is 7.64. The van der Waals surface area contributed by atoms with E-state index in [1.807, 2.05) is 151 Å². The van der Waals surface area contributed by atoms with Crippen LogP contribution in [0.25, 0.3) is 0 Å². The van der Waals surface area contributed by atoms with Gasteiger partial charge in [0.15, 0.2) is 0 Å². The number of aliphatic imine (C=N–C) groups is 1. The molecule has 2 atom stereocenters. The van der Waals surface area contributed by atoms with Crippen molar-refractivity contribution in [1.29, 1.82) is 0 Å². The summed E-state index contributed by atoms with van der Waals surface area (Å²) in [6.07, 6.45) is 0. The average molecular weight is 553 g/mol. The molecule has 5 nitrogen and oxygen atoms in total. The van der Waals surface area contributed by atoms with Crippen LogP contribution in [0.3, 0.4) is 0 Å². The Morgan fingerprint density at radius 1 is 0.610 bits per heavy atom. The SMILES string of the molecule is O=C1N(c2ccccc2)C(c2ccccc2)=N[C@]12[C@H](c1ccc(Cl)cc1)C(c1ccccc1)=NN2c1ccccc1. The van der Waals surface area contributed by atoms with Crippen molar-refractivity contribution >= 4 is 40.4 Å². The van der Waals surface area contributed by atoms with Crippen LogP contribution in [0.15, 0.2) is 156 Å². The largest absolute Gasteiger partial charge is 0.284 e. The summed E-state index contributed by atoms with van der Waals surface area (Å²) in [6, 6.07) is 47.0. The molecule has 0 radical (unpaired) electrons. The second kappa shape index (κ2) is 10.2. The maximum Gasteiger partial charge on any atom is 0.284 e. The first-order valence-corrected chi connectivity index (χ1v) is 13.8. The lowest BCUT2D eigenvalue weighted by Gasteiger charge is -2.35. The van der Waals surface area contributed by atoms with Gasteiger partial charge in [-0.1, -0.05) is 121 Å². The second-order valence-corrected chi connectivity index (χ2v) is 10.4. The summed E-state index contributed by atoms with van der Waals surface area (Å²) < 4.78 is 0. The van der Waals surface area contributed by atoms with Gasteiger partial charge in [-0.25, -0.2) is 10.0 Å². The van der Waals surface area contributed by atoms with Crippen LogP contribution in [0, 0.1) is 0 Å². The maximum atomic E-state index is 15.2. The number of rotatable bonds is 5. The van der Waals surface area contributed by atoms with E-state index >= 15 is 4.79 Å². The average Bonchev–Trinajstić information content (AvgIpc) is 3.54. The van der Waals surface area contributed by atoms with Crippen molar-refractivity contribution in [3.05, 3.63) is 167 Å². The number of amides is 1. The lowest BCUT2D eigenvalue weighted by Crippen LogP contribution is -2.55. The Hall–Kier alpha value is -5.00. The first-order valence-electron chi connectivity index (χ1n) is 13.5. The minimum Gasteiger partial charge on any atom is -0.269 e. The van der Waals surface area contributed by atoms with Gasteiger partial charge in [0, 0.05) is 10.6 Å². The van der Waals surface area contributed by atoms with E-state index < -0.39 is 11.6 Å². The summed E-state index contributed by atoms with van der Waals surface area (Å²) in [6.45, 7) is 0. The number of halogens is 1. The monoisotopic (exact) mass is 552 g/mol. The first kappa shape index (κ1) is 25.0. The van der Waals surface area contributed by atoms with E-state index in [1.165, 1.54) is 0 Å². The smallest absolute Gasteiger partial charge is 0.269 e. The molecule has 1 spiro atoms. The molecule has 6 heteroatoms. The van der Waals surface area contributed by atoms with Crippen molar-refractivity contribution in [2.75, 3.05) is 9.91 Å². The maximum absolute atomic E-state index is 15.2. The highest BCUT2D eigenvalue weighted by Gasteiger charge is 2.63. The predicted octanol–water partition coefficient (Wildman–Crippen LogP) is 7.54. The van der Waals surface area contributed by atoms with E-state index in [9.17, 15) is 0 Å². The Kier molecular flexibility index (Phi) is 6.22. The van der Waals surface area contributed by atoms with Gasteiger partial charge in [-0.15, -0.1) is 0 Å². The van der Waals surface area contributed by atoms with E-state index in [0.717, 1.165) is 33.8 Å². The molecule has 198 valence electrons. The number of para-hydroxylation sites is 2. The molecular weight excluding hydrogens is 528 g/mol. The van der Waals surface area contributed by atoms with Crippen molar-refractivity contribution in [2.24, 2.45) is 10.1 Å². The molecule has 1 amide bonds. The van der Waals surface area contributed by atoms with E-state index in [2.05, 4.69) is 0 Å². The van der Waals surface area contributed by atoms with Crippen molar-refractivity contribution in [1.82, 2.24) is 0 Å². The minimum atomic E-state index is -1.43. The fraction of sp³-hybridized carbons (Fsp3) is 0.0571. The molecule has 2 aliphatic rings.